The van der Waals surface area contributed by atoms with E-state index >= 15 is 0 Å². The van der Waals surface area contributed by atoms with Crippen molar-refractivity contribution < 1.29 is 4.74 Å². The van der Waals surface area contributed by atoms with Crippen molar-refractivity contribution in [1.82, 2.24) is 4.98 Å². The molecular weight excluding hydrogens is 260 g/mol. The second kappa shape index (κ2) is 5.19. The average molecular weight is 278 g/mol. The number of pyridine rings is 1. The molecule has 21 heavy (non-hydrogen) atoms. The van der Waals surface area contributed by atoms with Crippen molar-refractivity contribution in [2.24, 2.45) is 5.73 Å². The van der Waals surface area contributed by atoms with E-state index in [1.807, 2.05) is 61.8 Å². The van der Waals surface area contributed by atoms with Crippen LogP contribution in [0.5, 0.6) is 5.75 Å². The SMILES string of the molecule is COc1ccccc1C(C)(N)c1cncc2ccccc12. The highest BCUT2D eigenvalue weighted by Gasteiger charge is 2.29. The van der Waals surface area contributed by atoms with Gasteiger partial charge in [-0.05, 0) is 18.4 Å². The average Bonchev–Trinajstić information content (AvgIpc) is 2.54. The van der Waals surface area contributed by atoms with Crippen LogP contribution in [-0.2, 0) is 5.54 Å². The normalized spacial score (nSPS) is 13.9. The third-order valence-electron chi connectivity index (χ3n) is 3.89. The molecule has 3 heteroatoms. The van der Waals surface area contributed by atoms with Crippen LogP contribution in [0.3, 0.4) is 0 Å². The number of aromatic nitrogens is 1. The number of para-hydroxylation sites is 1. The van der Waals surface area contributed by atoms with Crippen LogP contribution in [0.15, 0.2) is 60.9 Å². The van der Waals surface area contributed by atoms with Gasteiger partial charge in [-0.2, -0.15) is 0 Å². The zero-order valence-corrected chi connectivity index (χ0v) is 12.2. The fourth-order valence-electron chi connectivity index (χ4n) is 2.75. The second-order valence-corrected chi connectivity index (χ2v) is 5.31. The Hall–Kier alpha value is -2.39. The molecule has 1 atom stereocenters. The molecule has 106 valence electrons. The predicted molar refractivity (Wildman–Crippen MR) is 85.4 cm³/mol. The molecule has 0 bridgehead atoms. The summed E-state index contributed by atoms with van der Waals surface area (Å²) < 4.78 is 5.46. The Morgan fingerprint density at radius 2 is 1.67 bits per heavy atom. The summed E-state index contributed by atoms with van der Waals surface area (Å²) >= 11 is 0. The third-order valence-corrected chi connectivity index (χ3v) is 3.89. The van der Waals surface area contributed by atoms with Crippen molar-refractivity contribution in [2.45, 2.75) is 12.5 Å². The maximum Gasteiger partial charge on any atom is 0.124 e. The van der Waals surface area contributed by atoms with Gasteiger partial charge in [-0.1, -0.05) is 42.5 Å². The van der Waals surface area contributed by atoms with Crippen molar-refractivity contribution in [2.75, 3.05) is 7.11 Å². The molecular formula is C18H18N2O. The van der Waals surface area contributed by atoms with Crippen LogP contribution in [0.25, 0.3) is 10.8 Å². The lowest BCUT2D eigenvalue weighted by Gasteiger charge is -2.28. The maximum absolute atomic E-state index is 6.68. The molecule has 0 spiro atoms. The van der Waals surface area contributed by atoms with Gasteiger partial charge >= 0.3 is 0 Å². The van der Waals surface area contributed by atoms with E-state index in [0.29, 0.717) is 0 Å². The number of hydrogen-bond acceptors (Lipinski definition) is 3. The van der Waals surface area contributed by atoms with Gasteiger partial charge in [0.1, 0.15) is 5.75 Å². The monoisotopic (exact) mass is 278 g/mol. The maximum atomic E-state index is 6.68. The molecule has 3 aromatic rings. The van der Waals surface area contributed by atoms with Crippen LogP contribution < -0.4 is 10.5 Å². The summed E-state index contributed by atoms with van der Waals surface area (Å²) in [5.41, 5.74) is 7.94. The molecule has 0 amide bonds. The van der Waals surface area contributed by atoms with Gasteiger partial charge in [-0.3, -0.25) is 4.98 Å². The lowest BCUT2D eigenvalue weighted by atomic mass is 9.83. The molecule has 0 saturated heterocycles. The third kappa shape index (κ3) is 2.26. The zero-order valence-electron chi connectivity index (χ0n) is 12.2. The zero-order chi connectivity index (χ0) is 14.9. The molecule has 0 saturated carbocycles. The molecule has 0 fully saturated rings. The molecule has 1 unspecified atom stereocenters. The van der Waals surface area contributed by atoms with Crippen LogP contribution in [0, 0.1) is 0 Å². The first kappa shape index (κ1) is 13.6. The Kier molecular flexibility index (Phi) is 3.35. The van der Waals surface area contributed by atoms with Gasteiger partial charge in [-0.15, -0.1) is 0 Å². The summed E-state index contributed by atoms with van der Waals surface area (Å²) in [6.07, 6.45) is 3.70. The van der Waals surface area contributed by atoms with Gasteiger partial charge in [0.2, 0.25) is 0 Å². The van der Waals surface area contributed by atoms with Crippen molar-refractivity contribution in [1.29, 1.82) is 0 Å². The minimum atomic E-state index is -0.680. The summed E-state index contributed by atoms with van der Waals surface area (Å²) in [6, 6.07) is 16.0. The summed E-state index contributed by atoms with van der Waals surface area (Å²) in [4.78, 5) is 4.34. The van der Waals surface area contributed by atoms with Crippen molar-refractivity contribution >= 4 is 10.8 Å². The summed E-state index contributed by atoms with van der Waals surface area (Å²) in [5.74, 6) is 0.787. The van der Waals surface area contributed by atoms with Crippen LogP contribution >= 0.6 is 0 Å². The van der Waals surface area contributed by atoms with Gasteiger partial charge in [-0.25, -0.2) is 0 Å². The van der Waals surface area contributed by atoms with Gasteiger partial charge in [0.25, 0.3) is 0 Å². The Morgan fingerprint density at radius 1 is 0.952 bits per heavy atom. The topological polar surface area (TPSA) is 48.1 Å². The quantitative estimate of drug-likeness (QED) is 0.798. The number of hydrogen-bond donors (Lipinski definition) is 1. The van der Waals surface area contributed by atoms with Crippen molar-refractivity contribution in [3.63, 3.8) is 0 Å². The molecule has 0 aliphatic rings. The number of methoxy groups -OCH3 is 1. The van der Waals surface area contributed by atoms with Crippen LogP contribution in [0.1, 0.15) is 18.1 Å². The van der Waals surface area contributed by atoms with E-state index in [9.17, 15) is 0 Å². The van der Waals surface area contributed by atoms with E-state index in [-0.39, 0.29) is 0 Å². The van der Waals surface area contributed by atoms with Gasteiger partial charge < -0.3 is 10.5 Å². The molecule has 2 aromatic carbocycles. The Balaban J connectivity index is 2.25. The lowest BCUT2D eigenvalue weighted by molar-refractivity contribution is 0.399. The summed E-state index contributed by atoms with van der Waals surface area (Å²) in [7, 11) is 1.66. The van der Waals surface area contributed by atoms with E-state index in [0.717, 1.165) is 27.6 Å². The number of nitrogens with zero attached hydrogens (tertiary/aromatic N) is 1. The minimum absolute atomic E-state index is 0.680. The van der Waals surface area contributed by atoms with E-state index in [4.69, 9.17) is 10.5 Å². The highest BCUT2D eigenvalue weighted by Crippen LogP contribution is 2.36. The fraction of sp³-hybridized carbons (Fsp3) is 0.167. The number of rotatable bonds is 3. The second-order valence-electron chi connectivity index (χ2n) is 5.31. The van der Waals surface area contributed by atoms with Crippen LogP contribution in [0.4, 0.5) is 0 Å². The molecule has 0 aliphatic carbocycles. The van der Waals surface area contributed by atoms with Gasteiger partial charge in [0.05, 0.1) is 12.6 Å². The molecule has 1 heterocycles. The molecule has 1 aromatic heterocycles. The fourth-order valence-corrected chi connectivity index (χ4v) is 2.75. The van der Waals surface area contributed by atoms with E-state index < -0.39 is 5.54 Å². The number of ether oxygens (including phenoxy) is 1. The van der Waals surface area contributed by atoms with E-state index in [1.54, 1.807) is 7.11 Å². The van der Waals surface area contributed by atoms with E-state index in [2.05, 4.69) is 11.1 Å². The molecule has 3 nitrogen and oxygen atoms in total. The van der Waals surface area contributed by atoms with Gasteiger partial charge in [0, 0.05) is 28.9 Å². The largest absolute Gasteiger partial charge is 0.496 e. The Morgan fingerprint density at radius 3 is 2.48 bits per heavy atom. The molecule has 0 radical (unpaired) electrons. The van der Waals surface area contributed by atoms with Crippen LogP contribution in [-0.4, -0.2) is 12.1 Å². The number of fused-ring (bicyclic) bond motifs is 1. The van der Waals surface area contributed by atoms with E-state index in [1.165, 1.54) is 0 Å². The van der Waals surface area contributed by atoms with Crippen molar-refractivity contribution in [3.05, 3.63) is 72.1 Å². The summed E-state index contributed by atoms with van der Waals surface area (Å²) in [6.45, 7) is 1.99. The molecule has 0 aliphatic heterocycles. The molecule has 3 rings (SSSR count). The Labute approximate surface area is 124 Å². The highest BCUT2D eigenvalue weighted by atomic mass is 16.5. The summed E-state index contributed by atoms with van der Waals surface area (Å²) in [5, 5.41) is 2.20. The number of benzene rings is 2. The lowest BCUT2D eigenvalue weighted by Crippen LogP contribution is -2.35. The van der Waals surface area contributed by atoms with Gasteiger partial charge in [0.15, 0.2) is 0 Å². The highest BCUT2D eigenvalue weighted by molar-refractivity contribution is 5.86. The molecule has 2 N–H and O–H groups in total. The first-order valence-electron chi connectivity index (χ1n) is 6.90. The standard InChI is InChI=1S/C18H18N2O/c1-18(19,15-9-5-6-10-17(15)21-2)16-12-20-11-13-7-3-4-8-14(13)16/h3-12H,19H2,1-2H3. The van der Waals surface area contributed by atoms with Crippen molar-refractivity contribution in [3.8, 4) is 5.75 Å². The Bertz CT molecular complexity index is 776. The smallest absolute Gasteiger partial charge is 0.124 e. The minimum Gasteiger partial charge on any atom is -0.496 e. The van der Waals surface area contributed by atoms with Crippen LogP contribution in [0.2, 0.25) is 0 Å². The number of nitrogens with two attached hydrogens (primary N) is 1. The first-order chi connectivity index (χ1) is 10.1. The first-order valence-corrected chi connectivity index (χ1v) is 6.90. The predicted octanol–water partition coefficient (Wildman–Crippen LogP) is 3.47.